The predicted molar refractivity (Wildman–Crippen MR) is 66.6 cm³/mol. The molecule has 0 aliphatic rings. The number of alkyl halides is 1. The summed E-state index contributed by atoms with van der Waals surface area (Å²) in [7, 11) is 1.73. The van der Waals surface area contributed by atoms with Gasteiger partial charge >= 0.3 is 0 Å². The van der Waals surface area contributed by atoms with Crippen LogP contribution in [0.1, 0.15) is 19.8 Å². The lowest BCUT2D eigenvalue weighted by molar-refractivity contribution is 0.165. The molecular weight excluding hydrogens is 218 g/mol. The van der Waals surface area contributed by atoms with Crippen molar-refractivity contribution in [3.05, 3.63) is 0 Å². The van der Waals surface area contributed by atoms with Crippen LogP contribution in [0.5, 0.6) is 0 Å². The summed E-state index contributed by atoms with van der Waals surface area (Å²) in [6, 6.07) is 0.420. The van der Waals surface area contributed by atoms with Crippen LogP contribution in [0.2, 0.25) is 0 Å². The third-order valence-electron chi connectivity index (χ3n) is 1.93. The Labute approximate surface area is 97.1 Å². The Kier molecular flexibility index (Phi) is 12.1. The molecular formula is C10H22ClNOS. The fourth-order valence-corrected chi connectivity index (χ4v) is 2.10. The molecule has 1 unspecified atom stereocenters. The highest BCUT2D eigenvalue weighted by Crippen LogP contribution is 2.01. The number of rotatable bonds is 10. The van der Waals surface area contributed by atoms with Gasteiger partial charge in [-0.15, -0.1) is 11.6 Å². The minimum atomic E-state index is 0.420. The third-order valence-corrected chi connectivity index (χ3v) is 3.13. The maximum atomic E-state index is 5.69. The highest BCUT2D eigenvalue weighted by Gasteiger charge is 2.05. The molecule has 4 heteroatoms. The van der Waals surface area contributed by atoms with Crippen LogP contribution < -0.4 is 5.32 Å². The van der Waals surface area contributed by atoms with Gasteiger partial charge in [-0.2, -0.15) is 11.8 Å². The van der Waals surface area contributed by atoms with Crippen LogP contribution in [0.15, 0.2) is 0 Å². The van der Waals surface area contributed by atoms with Gasteiger partial charge in [-0.1, -0.05) is 6.92 Å². The molecule has 0 rings (SSSR count). The van der Waals surface area contributed by atoms with Gasteiger partial charge in [-0.25, -0.2) is 0 Å². The van der Waals surface area contributed by atoms with Gasteiger partial charge in [0.15, 0.2) is 0 Å². The lowest BCUT2D eigenvalue weighted by Crippen LogP contribution is -2.34. The Morgan fingerprint density at radius 1 is 1.50 bits per heavy atom. The Morgan fingerprint density at radius 2 is 2.29 bits per heavy atom. The molecule has 0 amide bonds. The zero-order valence-corrected chi connectivity index (χ0v) is 10.8. The minimum absolute atomic E-state index is 0.420. The first-order valence-corrected chi connectivity index (χ1v) is 6.90. The topological polar surface area (TPSA) is 21.3 Å². The van der Waals surface area contributed by atoms with E-state index in [4.69, 9.17) is 16.3 Å². The number of nitrogens with one attached hydrogen (secondary N) is 1. The summed E-state index contributed by atoms with van der Waals surface area (Å²) in [5.41, 5.74) is 0. The van der Waals surface area contributed by atoms with Gasteiger partial charge in [-0.3, -0.25) is 0 Å². The van der Waals surface area contributed by atoms with Crippen molar-refractivity contribution in [2.24, 2.45) is 0 Å². The normalized spacial score (nSPS) is 13.1. The number of halogens is 1. The summed E-state index contributed by atoms with van der Waals surface area (Å²) in [4.78, 5) is 0. The van der Waals surface area contributed by atoms with Gasteiger partial charge in [0, 0.05) is 19.0 Å². The summed E-state index contributed by atoms with van der Waals surface area (Å²) >= 11 is 7.68. The molecule has 0 saturated heterocycles. The molecule has 0 aromatic carbocycles. The first kappa shape index (κ1) is 14.6. The Morgan fingerprint density at radius 3 is 2.86 bits per heavy atom. The lowest BCUT2D eigenvalue weighted by Gasteiger charge is -2.16. The van der Waals surface area contributed by atoms with E-state index in [1.54, 1.807) is 7.11 Å². The SMILES string of the molecule is CCSCCCNC(CCCl)COC. The molecule has 0 aromatic heterocycles. The van der Waals surface area contributed by atoms with Crippen molar-refractivity contribution >= 4 is 23.4 Å². The van der Waals surface area contributed by atoms with Gasteiger partial charge in [0.2, 0.25) is 0 Å². The first-order chi connectivity index (χ1) is 6.85. The van der Waals surface area contributed by atoms with Crippen molar-refractivity contribution in [3.63, 3.8) is 0 Å². The minimum Gasteiger partial charge on any atom is -0.383 e. The molecule has 14 heavy (non-hydrogen) atoms. The highest BCUT2D eigenvalue weighted by molar-refractivity contribution is 7.99. The van der Waals surface area contributed by atoms with Gasteiger partial charge in [-0.05, 0) is 30.9 Å². The molecule has 2 nitrogen and oxygen atoms in total. The fraction of sp³-hybridized carbons (Fsp3) is 1.00. The number of ether oxygens (including phenoxy) is 1. The van der Waals surface area contributed by atoms with Crippen molar-refractivity contribution in [3.8, 4) is 0 Å². The zero-order valence-electron chi connectivity index (χ0n) is 9.22. The summed E-state index contributed by atoms with van der Waals surface area (Å²) in [6.45, 7) is 4.02. The fourth-order valence-electron chi connectivity index (χ4n) is 1.20. The molecule has 0 spiro atoms. The monoisotopic (exact) mass is 239 g/mol. The van der Waals surface area contributed by atoms with E-state index in [1.807, 2.05) is 11.8 Å². The number of hydrogen-bond donors (Lipinski definition) is 1. The van der Waals surface area contributed by atoms with Crippen LogP contribution in [0.3, 0.4) is 0 Å². The van der Waals surface area contributed by atoms with E-state index in [0.717, 1.165) is 19.6 Å². The predicted octanol–water partition coefficient (Wildman–Crippen LogP) is 2.36. The van der Waals surface area contributed by atoms with Gasteiger partial charge in [0.1, 0.15) is 0 Å². The summed E-state index contributed by atoms with van der Waals surface area (Å²) < 4.78 is 5.11. The standard InChI is InChI=1S/C10H22ClNOS/c1-3-14-8-4-7-12-10(5-6-11)9-13-2/h10,12H,3-9H2,1-2H3. The second-order valence-corrected chi connectivity index (χ2v) is 4.91. The molecule has 0 heterocycles. The smallest absolute Gasteiger partial charge is 0.0616 e. The summed E-state index contributed by atoms with van der Waals surface area (Å²) in [6.07, 6.45) is 2.21. The van der Waals surface area contributed by atoms with Crippen LogP contribution in [0, 0.1) is 0 Å². The maximum absolute atomic E-state index is 5.69. The molecule has 86 valence electrons. The molecule has 0 saturated carbocycles. The molecule has 0 radical (unpaired) electrons. The number of methoxy groups -OCH3 is 1. The maximum Gasteiger partial charge on any atom is 0.0616 e. The Hall–Kier alpha value is 0.560. The van der Waals surface area contributed by atoms with Crippen LogP contribution >= 0.6 is 23.4 Å². The summed E-state index contributed by atoms with van der Waals surface area (Å²) in [5.74, 6) is 3.15. The van der Waals surface area contributed by atoms with Gasteiger partial charge < -0.3 is 10.1 Å². The van der Waals surface area contributed by atoms with Crippen LogP contribution in [-0.2, 0) is 4.74 Å². The van der Waals surface area contributed by atoms with E-state index in [-0.39, 0.29) is 0 Å². The average Bonchev–Trinajstić information content (AvgIpc) is 2.18. The van der Waals surface area contributed by atoms with Gasteiger partial charge in [0.25, 0.3) is 0 Å². The highest BCUT2D eigenvalue weighted by atomic mass is 35.5. The molecule has 0 aliphatic heterocycles. The van der Waals surface area contributed by atoms with Crippen molar-refractivity contribution in [1.82, 2.24) is 5.32 Å². The Bertz CT molecular complexity index is 110. The van der Waals surface area contributed by atoms with E-state index in [0.29, 0.717) is 11.9 Å². The zero-order chi connectivity index (χ0) is 10.6. The van der Waals surface area contributed by atoms with Crippen molar-refractivity contribution in [2.45, 2.75) is 25.8 Å². The van der Waals surface area contributed by atoms with Crippen LogP contribution in [0.25, 0.3) is 0 Å². The van der Waals surface area contributed by atoms with Crippen molar-refractivity contribution in [2.75, 3.05) is 37.6 Å². The molecule has 0 fully saturated rings. The second-order valence-electron chi connectivity index (χ2n) is 3.13. The quantitative estimate of drug-likeness (QED) is 0.467. The molecule has 0 aliphatic carbocycles. The van der Waals surface area contributed by atoms with Crippen LogP contribution in [0.4, 0.5) is 0 Å². The molecule has 0 bridgehead atoms. The van der Waals surface area contributed by atoms with Gasteiger partial charge in [0.05, 0.1) is 6.61 Å². The lowest BCUT2D eigenvalue weighted by atomic mass is 10.2. The second kappa shape index (κ2) is 11.6. The van der Waals surface area contributed by atoms with Crippen molar-refractivity contribution < 1.29 is 4.74 Å². The average molecular weight is 240 g/mol. The first-order valence-electron chi connectivity index (χ1n) is 5.21. The van der Waals surface area contributed by atoms with E-state index in [1.165, 1.54) is 17.9 Å². The van der Waals surface area contributed by atoms with E-state index in [9.17, 15) is 0 Å². The van der Waals surface area contributed by atoms with Crippen LogP contribution in [-0.4, -0.2) is 43.7 Å². The van der Waals surface area contributed by atoms with E-state index >= 15 is 0 Å². The number of hydrogen-bond acceptors (Lipinski definition) is 3. The largest absolute Gasteiger partial charge is 0.383 e. The Balaban J connectivity index is 3.30. The number of thioether (sulfide) groups is 1. The van der Waals surface area contributed by atoms with E-state index < -0.39 is 0 Å². The molecule has 1 N–H and O–H groups in total. The third kappa shape index (κ3) is 9.13. The van der Waals surface area contributed by atoms with Crippen molar-refractivity contribution in [1.29, 1.82) is 0 Å². The molecule has 1 atom stereocenters. The van der Waals surface area contributed by atoms with E-state index in [2.05, 4.69) is 12.2 Å². The summed E-state index contributed by atoms with van der Waals surface area (Å²) in [5, 5.41) is 3.46. The molecule has 0 aromatic rings.